The summed E-state index contributed by atoms with van der Waals surface area (Å²) in [5.41, 5.74) is 1.03. The first-order chi connectivity index (χ1) is 6.94. The van der Waals surface area contributed by atoms with Crippen LogP contribution in [-0.2, 0) is 6.42 Å². The first-order valence-corrected chi connectivity index (χ1v) is 5.37. The van der Waals surface area contributed by atoms with E-state index in [1.165, 1.54) is 0 Å². The average Bonchev–Trinajstić information content (AvgIpc) is 2.13. The topological polar surface area (TPSA) is 29.5 Å². The molecule has 1 aromatic carbocycles. The number of aromatic hydroxyl groups is 1. The summed E-state index contributed by atoms with van der Waals surface area (Å²) in [7, 11) is 0. The van der Waals surface area contributed by atoms with Crippen LogP contribution in [0.5, 0.6) is 11.5 Å². The van der Waals surface area contributed by atoms with Gasteiger partial charge in [-0.3, -0.25) is 0 Å². The fourth-order valence-corrected chi connectivity index (χ4v) is 1.34. The van der Waals surface area contributed by atoms with E-state index in [1.807, 2.05) is 19.1 Å². The third kappa shape index (κ3) is 3.46. The van der Waals surface area contributed by atoms with Gasteiger partial charge in [-0.05, 0) is 24.0 Å². The first-order valence-electron chi connectivity index (χ1n) is 5.37. The van der Waals surface area contributed by atoms with Crippen molar-refractivity contribution in [2.45, 2.75) is 34.1 Å². The number of hydrogen-bond donors (Lipinski definition) is 1. The molecule has 0 fully saturated rings. The summed E-state index contributed by atoms with van der Waals surface area (Å²) < 4.78 is 5.71. The van der Waals surface area contributed by atoms with Crippen molar-refractivity contribution in [3.05, 3.63) is 23.8 Å². The molecule has 0 aliphatic carbocycles. The van der Waals surface area contributed by atoms with Crippen LogP contribution in [0, 0.1) is 5.41 Å². The molecule has 0 radical (unpaired) electrons. The van der Waals surface area contributed by atoms with Crippen LogP contribution in [0.2, 0.25) is 0 Å². The SMILES string of the molecule is CCc1c(O)cccc1OCC(C)(C)C. The van der Waals surface area contributed by atoms with Gasteiger partial charge in [0.25, 0.3) is 0 Å². The van der Waals surface area contributed by atoms with Gasteiger partial charge in [-0.1, -0.05) is 33.8 Å². The fraction of sp³-hybridized carbons (Fsp3) is 0.538. The number of rotatable bonds is 3. The third-order valence-electron chi connectivity index (χ3n) is 2.12. The summed E-state index contributed by atoms with van der Waals surface area (Å²) in [4.78, 5) is 0. The molecule has 0 unspecified atom stereocenters. The highest BCUT2D eigenvalue weighted by Crippen LogP contribution is 2.29. The molecule has 0 saturated carbocycles. The lowest BCUT2D eigenvalue weighted by Gasteiger charge is -2.20. The summed E-state index contributed by atoms with van der Waals surface area (Å²) in [6, 6.07) is 5.42. The van der Waals surface area contributed by atoms with Gasteiger partial charge in [0.1, 0.15) is 11.5 Å². The predicted molar refractivity (Wildman–Crippen MR) is 62.4 cm³/mol. The van der Waals surface area contributed by atoms with Gasteiger partial charge >= 0.3 is 0 Å². The minimum Gasteiger partial charge on any atom is -0.508 e. The van der Waals surface area contributed by atoms with Gasteiger partial charge < -0.3 is 9.84 Å². The lowest BCUT2D eigenvalue weighted by atomic mass is 9.98. The van der Waals surface area contributed by atoms with Gasteiger partial charge in [-0.2, -0.15) is 0 Å². The van der Waals surface area contributed by atoms with Crippen molar-refractivity contribution in [2.75, 3.05) is 6.61 Å². The Morgan fingerprint density at radius 2 is 1.93 bits per heavy atom. The summed E-state index contributed by atoms with van der Waals surface area (Å²) in [5.74, 6) is 1.12. The monoisotopic (exact) mass is 208 g/mol. The van der Waals surface area contributed by atoms with E-state index >= 15 is 0 Å². The van der Waals surface area contributed by atoms with E-state index in [4.69, 9.17) is 4.74 Å². The van der Waals surface area contributed by atoms with Crippen molar-refractivity contribution in [1.29, 1.82) is 0 Å². The van der Waals surface area contributed by atoms with Crippen LogP contribution in [0.3, 0.4) is 0 Å². The highest BCUT2D eigenvalue weighted by molar-refractivity contribution is 5.43. The zero-order valence-electron chi connectivity index (χ0n) is 10.0. The second-order valence-electron chi connectivity index (χ2n) is 4.96. The van der Waals surface area contributed by atoms with Crippen molar-refractivity contribution in [2.24, 2.45) is 5.41 Å². The zero-order chi connectivity index (χ0) is 11.5. The van der Waals surface area contributed by atoms with Gasteiger partial charge in [0.2, 0.25) is 0 Å². The predicted octanol–water partition coefficient (Wildman–Crippen LogP) is 3.38. The smallest absolute Gasteiger partial charge is 0.126 e. The summed E-state index contributed by atoms with van der Waals surface area (Å²) in [6.07, 6.45) is 0.784. The summed E-state index contributed by atoms with van der Waals surface area (Å²) >= 11 is 0. The molecule has 84 valence electrons. The molecule has 0 aliphatic rings. The molecule has 0 aliphatic heterocycles. The molecule has 1 aromatic rings. The fourth-order valence-electron chi connectivity index (χ4n) is 1.34. The summed E-state index contributed by atoms with van der Waals surface area (Å²) in [5, 5.41) is 9.64. The van der Waals surface area contributed by atoms with Crippen molar-refractivity contribution in [1.82, 2.24) is 0 Å². The van der Waals surface area contributed by atoms with Crippen LogP contribution in [0.15, 0.2) is 18.2 Å². The molecule has 0 atom stereocenters. The average molecular weight is 208 g/mol. The van der Waals surface area contributed by atoms with Crippen LogP contribution < -0.4 is 4.74 Å². The lowest BCUT2D eigenvalue weighted by molar-refractivity contribution is 0.196. The largest absolute Gasteiger partial charge is 0.508 e. The molecular weight excluding hydrogens is 188 g/mol. The van der Waals surface area contributed by atoms with E-state index < -0.39 is 0 Å². The van der Waals surface area contributed by atoms with E-state index in [9.17, 15) is 5.11 Å². The lowest BCUT2D eigenvalue weighted by Crippen LogP contribution is -2.17. The van der Waals surface area contributed by atoms with Gasteiger partial charge in [0.15, 0.2) is 0 Å². The maximum absolute atomic E-state index is 9.64. The number of phenols is 1. The number of phenolic OH excluding ortho intramolecular Hbond substituents is 1. The molecule has 1 rings (SSSR count). The molecule has 2 nitrogen and oxygen atoms in total. The molecule has 0 aromatic heterocycles. The maximum atomic E-state index is 9.64. The molecule has 0 amide bonds. The normalized spacial score (nSPS) is 11.5. The molecule has 0 bridgehead atoms. The molecule has 0 spiro atoms. The standard InChI is InChI=1S/C13H20O2/c1-5-10-11(14)7-6-8-12(10)15-9-13(2,3)4/h6-8,14H,5,9H2,1-4H3. The Labute approximate surface area is 91.9 Å². The van der Waals surface area contributed by atoms with Crippen molar-refractivity contribution in [3.8, 4) is 11.5 Å². The Bertz CT molecular complexity index is 324. The first kappa shape index (κ1) is 11.9. The third-order valence-corrected chi connectivity index (χ3v) is 2.12. The Hall–Kier alpha value is -1.18. The van der Waals surface area contributed by atoms with Crippen molar-refractivity contribution in [3.63, 3.8) is 0 Å². The number of hydrogen-bond acceptors (Lipinski definition) is 2. The molecule has 15 heavy (non-hydrogen) atoms. The molecular formula is C13H20O2. The van der Waals surface area contributed by atoms with Gasteiger partial charge in [0, 0.05) is 5.56 Å². The molecule has 0 heterocycles. The molecule has 2 heteroatoms. The summed E-state index contributed by atoms with van der Waals surface area (Å²) in [6.45, 7) is 9.05. The molecule has 1 N–H and O–H groups in total. The van der Waals surface area contributed by atoms with Gasteiger partial charge in [-0.15, -0.1) is 0 Å². The van der Waals surface area contributed by atoms with E-state index in [-0.39, 0.29) is 5.41 Å². The Kier molecular flexibility index (Phi) is 3.61. The zero-order valence-corrected chi connectivity index (χ0v) is 10.0. The van der Waals surface area contributed by atoms with E-state index in [1.54, 1.807) is 6.07 Å². The Morgan fingerprint density at radius 3 is 2.47 bits per heavy atom. The van der Waals surface area contributed by atoms with Crippen LogP contribution in [0.25, 0.3) is 0 Å². The van der Waals surface area contributed by atoms with Crippen molar-refractivity contribution < 1.29 is 9.84 Å². The molecule has 0 saturated heterocycles. The number of benzene rings is 1. The minimum atomic E-state index is 0.135. The quantitative estimate of drug-likeness (QED) is 0.825. The van der Waals surface area contributed by atoms with E-state index in [0.29, 0.717) is 12.4 Å². The second kappa shape index (κ2) is 4.56. The minimum absolute atomic E-state index is 0.135. The van der Waals surface area contributed by atoms with Crippen LogP contribution in [-0.4, -0.2) is 11.7 Å². The highest BCUT2D eigenvalue weighted by Gasteiger charge is 2.13. The second-order valence-corrected chi connectivity index (χ2v) is 4.96. The maximum Gasteiger partial charge on any atom is 0.126 e. The van der Waals surface area contributed by atoms with E-state index in [2.05, 4.69) is 20.8 Å². The van der Waals surface area contributed by atoms with Gasteiger partial charge in [0.05, 0.1) is 6.61 Å². The van der Waals surface area contributed by atoms with E-state index in [0.717, 1.165) is 17.7 Å². The Morgan fingerprint density at radius 1 is 1.27 bits per heavy atom. The van der Waals surface area contributed by atoms with Crippen LogP contribution in [0.4, 0.5) is 0 Å². The highest BCUT2D eigenvalue weighted by atomic mass is 16.5. The number of ether oxygens (including phenoxy) is 1. The van der Waals surface area contributed by atoms with Gasteiger partial charge in [-0.25, -0.2) is 0 Å². The van der Waals surface area contributed by atoms with Crippen LogP contribution in [0.1, 0.15) is 33.3 Å². The Balaban J connectivity index is 2.81. The van der Waals surface area contributed by atoms with Crippen LogP contribution >= 0.6 is 0 Å². The van der Waals surface area contributed by atoms with Crippen molar-refractivity contribution >= 4 is 0 Å².